The van der Waals surface area contributed by atoms with Gasteiger partial charge in [0.05, 0.1) is 0 Å². The Morgan fingerprint density at radius 1 is 1.30 bits per heavy atom. The van der Waals surface area contributed by atoms with Gasteiger partial charge in [0.2, 0.25) is 5.91 Å². The van der Waals surface area contributed by atoms with Gasteiger partial charge in [-0.25, -0.2) is 0 Å². The lowest BCUT2D eigenvalue weighted by atomic mass is 10.0. The Hall–Kier alpha value is -2.14. The second-order valence-corrected chi connectivity index (χ2v) is 6.38. The van der Waals surface area contributed by atoms with Crippen molar-refractivity contribution in [3.05, 3.63) is 47.0 Å². The summed E-state index contributed by atoms with van der Waals surface area (Å²) in [6.07, 6.45) is 3.10. The molecule has 0 fully saturated rings. The van der Waals surface area contributed by atoms with Crippen LogP contribution in [0.25, 0.3) is 0 Å². The van der Waals surface area contributed by atoms with Crippen LogP contribution in [0.1, 0.15) is 39.9 Å². The van der Waals surface area contributed by atoms with Gasteiger partial charge in [-0.2, -0.15) is 0 Å². The smallest absolute Gasteiger partial charge is 0.255 e. The van der Waals surface area contributed by atoms with Crippen LogP contribution in [0.2, 0.25) is 0 Å². The predicted molar refractivity (Wildman–Crippen MR) is 88.8 cm³/mol. The van der Waals surface area contributed by atoms with Gasteiger partial charge >= 0.3 is 0 Å². The van der Waals surface area contributed by atoms with E-state index in [0.29, 0.717) is 19.4 Å². The van der Waals surface area contributed by atoms with Crippen LogP contribution in [0.4, 0.5) is 0 Å². The van der Waals surface area contributed by atoms with E-state index in [1.165, 1.54) is 11.1 Å². The molecule has 2 amide bonds. The minimum atomic E-state index is -0.435. The second kappa shape index (κ2) is 6.16. The van der Waals surface area contributed by atoms with E-state index in [9.17, 15) is 9.59 Å². The zero-order chi connectivity index (χ0) is 16.6. The molecule has 5 heteroatoms. The largest absolute Gasteiger partial charge is 0.357 e. The van der Waals surface area contributed by atoms with Crippen LogP contribution in [-0.2, 0) is 24.4 Å². The summed E-state index contributed by atoms with van der Waals surface area (Å²) >= 11 is 0. The van der Waals surface area contributed by atoms with E-state index < -0.39 is 6.04 Å². The lowest BCUT2D eigenvalue weighted by Gasteiger charge is -2.26. The summed E-state index contributed by atoms with van der Waals surface area (Å²) in [4.78, 5) is 28.9. The first-order chi connectivity index (χ1) is 11.0. The van der Waals surface area contributed by atoms with E-state index in [-0.39, 0.29) is 11.8 Å². The number of hydrogen-bond donors (Lipinski definition) is 1. The fraction of sp³-hybridized carbons (Fsp3) is 0.444. The van der Waals surface area contributed by atoms with Crippen LogP contribution in [0.5, 0.6) is 0 Å². The molecule has 1 atom stereocenters. The van der Waals surface area contributed by atoms with Crippen molar-refractivity contribution in [2.75, 3.05) is 14.1 Å². The monoisotopic (exact) mass is 313 g/mol. The summed E-state index contributed by atoms with van der Waals surface area (Å²) in [5.74, 6) is -0.143. The lowest BCUT2D eigenvalue weighted by molar-refractivity contribution is -0.125. The van der Waals surface area contributed by atoms with Crippen molar-refractivity contribution >= 4 is 11.8 Å². The van der Waals surface area contributed by atoms with Gasteiger partial charge in [0.15, 0.2) is 0 Å². The third-order valence-corrected chi connectivity index (χ3v) is 4.71. The molecule has 0 aromatic heterocycles. The van der Waals surface area contributed by atoms with Gasteiger partial charge in [-0.3, -0.25) is 14.5 Å². The van der Waals surface area contributed by atoms with Crippen LogP contribution in [0.3, 0.4) is 0 Å². The van der Waals surface area contributed by atoms with Crippen LogP contribution in [-0.4, -0.2) is 41.8 Å². The van der Waals surface area contributed by atoms with Gasteiger partial charge in [0.25, 0.3) is 5.91 Å². The number of likely N-dealkylation sites (N-methyl/N-ethyl adjacent to an activating group) is 1. The van der Waals surface area contributed by atoms with Crippen molar-refractivity contribution < 1.29 is 9.59 Å². The molecular weight excluding hydrogens is 290 g/mol. The zero-order valence-corrected chi connectivity index (χ0v) is 13.8. The maximum atomic E-state index is 12.8. The van der Waals surface area contributed by atoms with E-state index in [1.54, 1.807) is 18.0 Å². The Bertz CT molecular complexity index is 668. The molecule has 3 rings (SSSR count). The molecule has 1 unspecified atom stereocenters. The van der Waals surface area contributed by atoms with Crippen molar-refractivity contribution in [1.82, 2.24) is 15.1 Å². The maximum Gasteiger partial charge on any atom is 0.255 e. The fourth-order valence-electron chi connectivity index (χ4n) is 3.53. The second-order valence-electron chi connectivity index (χ2n) is 6.38. The van der Waals surface area contributed by atoms with Gasteiger partial charge in [-0.15, -0.1) is 6.58 Å². The molecule has 122 valence electrons. The third kappa shape index (κ3) is 2.77. The highest BCUT2D eigenvalue weighted by atomic mass is 16.2. The number of allylic oxidation sites excluding steroid dienone is 1. The van der Waals surface area contributed by atoms with Gasteiger partial charge in [0, 0.05) is 32.2 Å². The molecule has 5 nitrogen and oxygen atoms in total. The highest BCUT2D eigenvalue weighted by molar-refractivity contribution is 6.01. The average molecular weight is 313 g/mol. The standard InChI is InChI=1S/C18H23N3O2/c1-4-5-6-16(17(22)19-2)21-11-14-7-12-9-20(3)10-13(12)8-15(14)18(21)23/h4,7-8,16H,1,5-6,9-11H2,2-3H3,(H,19,22). The molecule has 1 N–H and O–H groups in total. The summed E-state index contributed by atoms with van der Waals surface area (Å²) in [6, 6.07) is 3.72. The predicted octanol–water partition coefficient (Wildman–Crippen LogP) is 1.67. The molecule has 0 spiro atoms. The zero-order valence-electron chi connectivity index (χ0n) is 13.8. The van der Waals surface area contributed by atoms with Crippen LogP contribution in [0, 0.1) is 0 Å². The Morgan fingerprint density at radius 3 is 2.65 bits per heavy atom. The minimum Gasteiger partial charge on any atom is -0.357 e. The molecular formula is C18H23N3O2. The number of rotatable bonds is 5. The van der Waals surface area contributed by atoms with E-state index >= 15 is 0 Å². The number of nitrogens with one attached hydrogen (secondary N) is 1. The first-order valence-electron chi connectivity index (χ1n) is 8.01. The molecule has 1 aromatic rings. The maximum absolute atomic E-state index is 12.8. The summed E-state index contributed by atoms with van der Waals surface area (Å²) in [5.41, 5.74) is 4.32. The van der Waals surface area contributed by atoms with Crippen molar-refractivity contribution in [3.8, 4) is 0 Å². The van der Waals surface area contributed by atoms with Crippen molar-refractivity contribution in [3.63, 3.8) is 0 Å². The molecule has 0 bridgehead atoms. The van der Waals surface area contributed by atoms with Gasteiger partial charge < -0.3 is 10.2 Å². The number of nitrogens with zero attached hydrogens (tertiary/aromatic N) is 2. The Kier molecular flexibility index (Phi) is 4.22. The molecule has 2 aliphatic heterocycles. The van der Waals surface area contributed by atoms with E-state index in [4.69, 9.17) is 0 Å². The van der Waals surface area contributed by atoms with Gasteiger partial charge in [-0.05, 0) is 42.6 Å². The average Bonchev–Trinajstić information content (AvgIpc) is 3.04. The number of fused-ring (bicyclic) bond motifs is 2. The first kappa shape index (κ1) is 15.7. The summed E-state index contributed by atoms with van der Waals surface area (Å²) in [7, 11) is 3.69. The van der Waals surface area contributed by atoms with Crippen molar-refractivity contribution in [2.24, 2.45) is 0 Å². The quantitative estimate of drug-likeness (QED) is 0.841. The first-order valence-corrected chi connectivity index (χ1v) is 8.01. The molecule has 0 radical (unpaired) electrons. The van der Waals surface area contributed by atoms with Gasteiger partial charge in [-0.1, -0.05) is 12.1 Å². The molecule has 0 saturated heterocycles. The topological polar surface area (TPSA) is 52.7 Å². The van der Waals surface area contributed by atoms with Crippen LogP contribution in [0.15, 0.2) is 24.8 Å². The van der Waals surface area contributed by atoms with E-state index in [1.807, 2.05) is 6.07 Å². The Balaban J connectivity index is 1.88. The molecule has 23 heavy (non-hydrogen) atoms. The number of amides is 2. The fourth-order valence-corrected chi connectivity index (χ4v) is 3.53. The summed E-state index contributed by atoms with van der Waals surface area (Å²) in [6.45, 7) is 6.03. The highest BCUT2D eigenvalue weighted by Gasteiger charge is 2.36. The van der Waals surface area contributed by atoms with E-state index in [2.05, 4.69) is 29.9 Å². The van der Waals surface area contributed by atoms with E-state index in [0.717, 1.165) is 24.2 Å². The molecule has 2 heterocycles. The molecule has 1 aromatic carbocycles. The molecule has 0 saturated carbocycles. The normalized spacial score (nSPS) is 17.8. The SMILES string of the molecule is C=CCCC(C(=O)NC)N1Cc2cc3c(cc2C1=O)CN(C)C3. The van der Waals surface area contributed by atoms with Gasteiger partial charge in [0.1, 0.15) is 6.04 Å². The van der Waals surface area contributed by atoms with Crippen molar-refractivity contribution in [2.45, 2.75) is 38.5 Å². The van der Waals surface area contributed by atoms with Crippen molar-refractivity contribution in [1.29, 1.82) is 0 Å². The Labute approximate surface area is 137 Å². The van der Waals surface area contributed by atoms with Crippen LogP contribution < -0.4 is 5.32 Å². The molecule has 0 aliphatic carbocycles. The molecule has 2 aliphatic rings. The summed E-state index contributed by atoms with van der Waals surface area (Å²) in [5, 5.41) is 2.68. The lowest BCUT2D eigenvalue weighted by Crippen LogP contribution is -2.46. The van der Waals surface area contributed by atoms with Crippen LogP contribution >= 0.6 is 0 Å². The third-order valence-electron chi connectivity index (χ3n) is 4.71. The number of benzene rings is 1. The minimum absolute atomic E-state index is 0.0324. The number of hydrogen-bond acceptors (Lipinski definition) is 3. The number of carbonyl (C=O) groups is 2. The number of carbonyl (C=O) groups excluding carboxylic acids is 2. The Morgan fingerprint density at radius 2 is 2.00 bits per heavy atom. The summed E-state index contributed by atoms with van der Waals surface area (Å²) < 4.78 is 0. The highest BCUT2D eigenvalue weighted by Crippen LogP contribution is 2.32.